The number of hydrogen-bond donors (Lipinski definition) is 1. The molecule has 108 valence electrons. The average Bonchev–Trinajstić information content (AvgIpc) is 2.86. The number of ether oxygens (including phenoxy) is 1. The van der Waals surface area contributed by atoms with Crippen LogP contribution in [0.3, 0.4) is 0 Å². The number of rotatable bonds is 5. The van der Waals surface area contributed by atoms with E-state index < -0.39 is 6.10 Å². The maximum absolute atomic E-state index is 9.71. The van der Waals surface area contributed by atoms with E-state index in [4.69, 9.17) is 4.74 Å². The van der Waals surface area contributed by atoms with Crippen LogP contribution in [0.1, 0.15) is 39.0 Å². The number of hydrogen-bond acceptors (Lipinski definition) is 5. The van der Waals surface area contributed by atoms with Gasteiger partial charge in [-0.1, -0.05) is 12.1 Å². The van der Waals surface area contributed by atoms with E-state index in [1.807, 2.05) is 13.1 Å². The van der Waals surface area contributed by atoms with Crippen LogP contribution in [0.2, 0.25) is 0 Å². The van der Waals surface area contributed by atoms with Crippen molar-refractivity contribution in [2.24, 2.45) is 0 Å². The highest BCUT2D eigenvalue weighted by atomic mass is 16.5. The van der Waals surface area contributed by atoms with Gasteiger partial charge in [0.2, 0.25) is 0 Å². The van der Waals surface area contributed by atoms with Crippen molar-refractivity contribution in [1.29, 1.82) is 0 Å². The zero-order valence-corrected chi connectivity index (χ0v) is 12.0. The van der Waals surface area contributed by atoms with Crippen LogP contribution >= 0.6 is 0 Å². The van der Waals surface area contributed by atoms with Gasteiger partial charge in [0.15, 0.2) is 0 Å². The SMILES string of the molecule is CCC(O)c1cn(CC2CN(C(C)C)CCO2)nn1. The van der Waals surface area contributed by atoms with E-state index in [2.05, 4.69) is 29.1 Å². The third-order valence-corrected chi connectivity index (χ3v) is 3.58. The van der Waals surface area contributed by atoms with Crippen molar-refractivity contribution in [2.75, 3.05) is 19.7 Å². The molecule has 6 heteroatoms. The summed E-state index contributed by atoms with van der Waals surface area (Å²) in [7, 11) is 0. The summed E-state index contributed by atoms with van der Waals surface area (Å²) in [5.41, 5.74) is 0.638. The standard InChI is InChI=1S/C13H24N4O2/c1-4-13(18)12-9-17(15-14-12)8-11-7-16(10(2)3)5-6-19-11/h9-11,13,18H,4-8H2,1-3H3. The molecule has 1 aliphatic heterocycles. The van der Waals surface area contributed by atoms with E-state index in [0.29, 0.717) is 24.7 Å². The third kappa shape index (κ3) is 3.75. The Morgan fingerprint density at radius 3 is 3.00 bits per heavy atom. The van der Waals surface area contributed by atoms with Crippen LogP contribution in [-0.2, 0) is 11.3 Å². The molecule has 2 heterocycles. The van der Waals surface area contributed by atoms with E-state index >= 15 is 0 Å². The summed E-state index contributed by atoms with van der Waals surface area (Å²) in [4.78, 5) is 2.41. The fourth-order valence-electron chi connectivity index (χ4n) is 2.29. The van der Waals surface area contributed by atoms with E-state index in [-0.39, 0.29) is 6.10 Å². The quantitative estimate of drug-likeness (QED) is 0.857. The van der Waals surface area contributed by atoms with Gasteiger partial charge in [0.05, 0.1) is 31.6 Å². The molecule has 6 nitrogen and oxygen atoms in total. The predicted molar refractivity (Wildman–Crippen MR) is 71.7 cm³/mol. The molecule has 2 rings (SSSR count). The minimum absolute atomic E-state index is 0.143. The van der Waals surface area contributed by atoms with Gasteiger partial charge in [-0.2, -0.15) is 0 Å². The molecule has 0 aliphatic carbocycles. The summed E-state index contributed by atoms with van der Waals surface area (Å²) in [6.45, 7) is 9.69. The van der Waals surface area contributed by atoms with Crippen molar-refractivity contribution in [3.8, 4) is 0 Å². The Morgan fingerprint density at radius 2 is 2.32 bits per heavy atom. The van der Waals surface area contributed by atoms with Crippen LogP contribution in [0.25, 0.3) is 0 Å². The van der Waals surface area contributed by atoms with E-state index in [9.17, 15) is 5.11 Å². The maximum atomic E-state index is 9.71. The topological polar surface area (TPSA) is 63.4 Å². The predicted octanol–water partition coefficient (Wildman–Crippen LogP) is 0.831. The van der Waals surface area contributed by atoms with Crippen LogP contribution < -0.4 is 0 Å². The number of aliphatic hydroxyl groups is 1. The van der Waals surface area contributed by atoms with Crippen molar-refractivity contribution >= 4 is 0 Å². The molecule has 0 saturated carbocycles. The second-order valence-corrected chi connectivity index (χ2v) is 5.37. The second-order valence-electron chi connectivity index (χ2n) is 5.37. The Balaban J connectivity index is 1.91. The van der Waals surface area contributed by atoms with Crippen LogP contribution in [0.15, 0.2) is 6.20 Å². The van der Waals surface area contributed by atoms with Crippen LogP contribution in [-0.4, -0.2) is 56.8 Å². The van der Waals surface area contributed by atoms with Gasteiger partial charge in [-0.3, -0.25) is 4.90 Å². The molecule has 0 aromatic carbocycles. The highest BCUT2D eigenvalue weighted by molar-refractivity contribution is 4.96. The van der Waals surface area contributed by atoms with Crippen molar-refractivity contribution < 1.29 is 9.84 Å². The van der Waals surface area contributed by atoms with Crippen molar-refractivity contribution in [2.45, 2.75) is 52.0 Å². The van der Waals surface area contributed by atoms with Crippen LogP contribution in [0.5, 0.6) is 0 Å². The van der Waals surface area contributed by atoms with Gasteiger partial charge in [0.1, 0.15) is 5.69 Å². The first kappa shape index (κ1) is 14.4. The molecular formula is C13H24N4O2. The Bertz CT molecular complexity index is 394. The molecule has 19 heavy (non-hydrogen) atoms. The molecule has 1 fully saturated rings. The van der Waals surface area contributed by atoms with Gasteiger partial charge in [-0.15, -0.1) is 5.10 Å². The number of morpholine rings is 1. The van der Waals surface area contributed by atoms with Crippen molar-refractivity contribution in [3.63, 3.8) is 0 Å². The molecule has 1 aliphatic rings. The van der Waals surface area contributed by atoms with Gasteiger partial charge >= 0.3 is 0 Å². The summed E-state index contributed by atoms with van der Waals surface area (Å²) in [6, 6.07) is 0.541. The van der Waals surface area contributed by atoms with Crippen LogP contribution in [0, 0.1) is 0 Å². The summed E-state index contributed by atoms with van der Waals surface area (Å²) >= 11 is 0. The van der Waals surface area contributed by atoms with Crippen molar-refractivity contribution in [1.82, 2.24) is 19.9 Å². The monoisotopic (exact) mass is 268 g/mol. The maximum Gasteiger partial charge on any atom is 0.111 e. The van der Waals surface area contributed by atoms with Gasteiger partial charge in [0, 0.05) is 19.1 Å². The first-order valence-corrected chi connectivity index (χ1v) is 7.04. The lowest BCUT2D eigenvalue weighted by Gasteiger charge is -2.35. The summed E-state index contributed by atoms with van der Waals surface area (Å²) in [6.07, 6.45) is 2.09. The Kier molecular flexibility index (Phi) is 4.90. The Morgan fingerprint density at radius 1 is 1.53 bits per heavy atom. The van der Waals surface area contributed by atoms with Gasteiger partial charge < -0.3 is 9.84 Å². The molecule has 1 aromatic rings. The Labute approximate surface area is 114 Å². The molecule has 0 bridgehead atoms. The highest BCUT2D eigenvalue weighted by Gasteiger charge is 2.23. The van der Waals surface area contributed by atoms with Gasteiger partial charge in [-0.05, 0) is 20.3 Å². The molecule has 2 atom stereocenters. The van der Waals surface area contributed by atoms with E-state index in [0.717, 1.165) is 19.7 Å². The molecule has 2 unspecified atom stereocenters. The number of aromatic nitrogens is 3. The van der Waals surface area contributed by atoms with Gasteiger partial charge in [-0.25, -0.2) is 4.68 Å². The summed E-state index contributed by atoms with van der Waals surface area (Å²) < 4.78 is 7.53. The molecule has 0 spiro atoms. The lowest BCUT2D eigenvalue weighted by molar-refractivity contribution is -0.0471. The number of nitrogens with zero attached hydrogens (tertiary/aromatic N) is 4. The first-order chi connectivity index (χ1) is 9.10. The Hall–Kier alpha value is -0.980. The fraction of sp³-hybridized carbons (Fsp3) is 0.846. The highest BCUT2D eigenvalue weighted by Crippen LogP contribution is 2.14. The zero-order valence-electron chi connectivity index (χ0n) is 12.0. The molecule has 1 N–H and O–H groups in total. The molecular weight excluding hydrogens is 244 g/mol. The minimum atomic E-state index is -0.520. The third-order valence-electron chi connectivity index (χ3n) is 3.58. The molecule has 0 radical (unpaired) electrons. The minimum Gasteiger partial charge on any atom is -0.387 e. The lowest BCUT2D eigenvalue weighted by atomic mass is 10.2. The largest absolute Gasteiger partial charge is 0.387 e. The van der Waals surface area contributed by atoms with E-state index in [1.54, 1.807) is 4.68 Å². The molecule has 1 saturated heterocycles. The average molecular weight is 268 g/mol. The van der Waals surface area contributed by atoms with Crippen LogP contribution in [0.4, 0.5) is 0 Å². The summed E-state index contributed by atoms with van der Waals surface area (Å²) in [5, 5.41) is 17.8. The fourth-order valence-corrected chi connectivity index (χ4v) is 2.29. The van der Waals surface area contributed by atoms with Gasteiger partial charge in [0.25, 0.3) is 0 Å². The zero-order chi connectivity index (χ0) is 13.8. The molecule has 1 aromatic heterocycles. The smallest absolute Gasteiger partial charge is 0.111 e. The van der Waals surface area contributed by atoms with E-state index in [1.165, 1.54) is 0 Å². The summed E-state index contributed by atoms with van der Waals surface area (Å²) in [5.74, 6) is 0. The molecule has 0 amide bonds. The van der Waals surface area contributed by atoms with Crippen molar-refractivity contribution in [3.05, 3.63) is 11.9 Å². The lowest BCUT2D eigenvalue weighted by Crippen LogP contribution is -2.47. The second kappa shape index (κ2) is 6.45. The number of aliphatic hydroxyl groups excluding tert-OH is 1. The normalized spacial score (nSPS) is 22.9. The first-order valence-electron chi connectivity index (χ1n) is 7.04.